The van der Waals surface area contributed by atoms with Crippen molar-refractivity contribution in [2.45, 2.75) is 13.8 Å². The maximum atomic E-state index is 11.1. The summed E-state index contributed by atoms with van der Waals surface area (Å²) in [6.07, 6.45) is 0. The van der Waals surface area contributed by atoms with Gasteiger partial charge in [-0.15, -0.1) is 0 Å². The highest BCUT2D eigenvalue weighted by Gasteiger charge is 2.04. The van der Waals surface area contributed by atoms with Crippen molar-refractivity contribution in [3.8, 4) is 0 Å². The number of isothiocyanates is 1. The van der Waals surface area contributed by atoms with E-state index in [1.807, 2.05) is 13.8 Å². The fraction of sp³-hybridized carbons (Fsp3) is 0.273. The molecule has 1 rings (SSSR count). The normalized spacial score (nSPS) is 7.93. The first-order valence-corrected chi connectivity index (χ1v) is 4.95. The molecule has 80 valence electrons. The van der Waals surface area contributed by atoms with Gasteiger partial charge in [0.25, 0.3) is 0 Å². The Morgan fingerprint density at radius 3 is 2.67 bits per heavy atom. The summed E-state index contributed by atoms with van der Waals surface area (Å²) < 4.78 is 4.54. The number of carbonyl (C=O) groups excluding carboxylic acids is 1. The number of hydrogen-bond acceptors (Lipinski definition) is 4. The first-order valence-electron chi connectivity index (χ1n) is 4.54. The number of carbonyl (C=O) groups is 1. The average molecular weight is 223 g/mol. The van der Waals surface area contributed by atoms with Crippen LogP contribution in [0, 0.1) is 0 Å². The van der Waals surface area contributed by atoms with Gasteiger partial charge < -0.3 is 4.74 Å². The second kappa shape index (κ2) is 7.85. The van der Waals surface area contributed by atoms with Crippen LogP contribution in [0.2, 0.25) is 0 Å². The molecule has 1 aromatic rings. The summed E-state index contributed by atoms with van der Waals surface area (Å²) in [4.78, 5) is 14.8. The molecule has 1 aromatic carbocycles. The highest BCUT2D eigenvalue weighted by atomic mass is 32.1. The lowest BCUT2D eigenvalue weighted by Crippen LogP contribution is -1.99. The summed E-state index contributed by atoms with van der Waals surface area (Å²) in [6.45, 7) is 4.00. The summed E-state index contributed by atoms with van der Waals surface area (Å²) in [7, 11) is 1.33. The van der Waals surface area contributed by atoms with E-state index in [0.29, 0.717) is 11.3 Å². The van der Waals surface area contributed by atoms with Crippen molar-refractivity contribution in [1.29, 1.82) is 0 Å². The quantitative estimate of drug-likeness (QED) is 0.439. The molecule has 0 bridgehead atoms. The average Bonchev–Trinajstić information content (AvgIpc) is 2.31. The third-order valence-corrected chi connectivity index (χ3v) is 1.53. The molecule has 0 saturated heterocycles. The molecule has 0 aromatic heterocycles. The number of ether oxygens (including phenoxy) is 1. The Morgan fingerprint density at radius 1 is 1.47 bits per heavy atom. The van der Waals surface area contributed by atoms with E-state index in [0.717, 1.165) is 0 Å². The van der Waals surface area contributed by atoms with E-state index in [1.54, 1.807) is 24.3 Å². The number of aliphatic imine (C=N–C) groups is 1. The first-order chi connectivity index (χ1) is 7.27. The van der Waals surface area contributed by atoms with Gasteiger partial charge in [-0.3, -0.25) is 0 Å². The fourth-order valence-electron chi connectivity index (χ4n) is 0.873. The SMILES string of the molecule is CC.COC(=O)c1cccc(N=C=S)c1. The van der Waals surface area contributed by atoms with Crippen LogP contribution in [-0.4, -0.2) is 18.2 Å². The summed E-state index contributed by atoms with van der Waals surface area (Å²) in [5.74, 6) is -0.388. The molecule has 0 aliphatic rings. The number of nitrogens with zero attached hydrogens (tertiary/aromatic N) is 1. The van der Waals surface area contributed by atoms with Crippen LogP contribution in [0.4, 0.5) is 5.69 Å². The first kappa shape index (κ1) is 13.5. The molecule has 4 heteroatoms. The van der Waals surface area contributed by atoms with E-state index in [-0.39, 0.29) is 5.97 Å². The van der Waals surface area contributed by atoms with Gasteiger partial charge in [0.15, 0.2) is 0 Å². The number of esters is 1. The highest BCUT2D eigenvalue weighted by molar-refractivity contribution is 7.78. The molecule has 0 radical (unpaired) electrons. The van der Waals surface area contributed by atoms with Crippen LogP contribution in [0.5, 0.6) is 0 Å². The van der Waals surface area contributed by atoms with Crippen molar-refractivity contribution in [2.24, 2.45) is 4.99 Å². The van der Waals surface area contributed by atoms with Gasteiger partial charge in [0.1, 0.15) is 0 Å². The summed E-state index contributed by atoms with van der Waals surface area (Å²) in [5.41, 5.74) is 1.05. The molecule has 15 heavy (non-hydrogen) atoms. The van der Waals surface area contributed by atoms with E-state index in [2.05, 4.69) is 27.1 Å². The Balaban J connectivity index is 0.000000921. The number of rotatable bonds is 2. The minimum absolute atomic E-state index is 0.388. The van der Waals surface area contributed by atoms with Crippen molar-refractivity contribution in [3.63, 3.8) is 0 Å². The molecular formula is C11H13NO2S. The zero-order valence-corrected chi connectivity index (χ0v) is 9.80. The van der Waals surface area contributed by atoms with E-state index in [4.69, 9.17) is 0 Å². The monoisotopic (exact) mass is 223 g/mol. The van der Waals surface area contributed by atoms with Crippen LogP contribution in [0.3, 0.4) is 0 Å². The molecule has 0 aliphatic carbocycles. The van der Waals surface area contributed by atoms with Gasteiger partial charge >= 0.3 is 5.97 Å². The molecule has 0 unspecified atom stereocenters. The Kier molecular flexibility index (Phi) is 7.06. The third-order valence-electron chi connectivity index (χ3n) is 1.44. The van der Waals surface area contributed by atoms with E-state index in [9.17, 15) is 4.79 Å². The van der Waals surface area contributed by atoms with Crippen molar-refractivity contribution in [2.75, 3.05) is 7.11 Å². The molecule has 0 spiro atoms. The van der Waals surface area contributed by atoms with E-state index in [1.165, 1.54) is 7.11 Å². The summed E-state index contributed by atoms with van der Waals surface area (Å²) in [5, 5.41) is 2.22. The van der Waals surface area contributed by atoms with Gasteiger partial charge in [0.05, 0.1) is 23.5 Å². The molecule has 3 nitrogen and oxygen atoms in total. The van der Waals surface area contributed by atoms with Crippen LogP contribution in [0.1, 0.15) is 24.2 Å². The number of methoxy groups -OCH3 is 1. The van der Waals surface area contributed by atoms with Gasteiger partial charge in [-0.05, 0) is 30.4 Å². The second-order valence-corrected chi connectivity index (χ2v) is 2.43. The van der Waals surface area contributed by atoms with Crippen LogP contribution in [-0.2, 0) is 4.74 Å². The molecule has 0 saturated carbocycles. The molecule has 0 amide bonds. The lowest BCUT2D eigenvalue weighted by Gasteiger charge is -1.98. The Bertz CT molecular complexity index is 371. The van der Waals surface area contributed by atoms with Crippen LogP contribution < -0.4 is 0 Å². The number of thiocarbonyl (C=S) groups is 1. The maximum Gasteiger partial charge on any atom is 0.337 e. The topological polar surface area (TPSA) is 38.7 Å². The molecule has 0 fully saturated rings. The van der Waals surface area contributed by atoms with Gasteiger partial charge in [0.2, 0.25) is 0 Å². The van der Waals surface area contributed by atoms with E-state index < -0.39 is 0 Å². The predicted molar refractivity (Wildman–Crippen MR) is 63.8 cm³/mol. The smallest absolute Gasteiger partial charge is 0.337 e. The van der Waals surface area contributed by atoms with Crippen LogP contribution >= 0.6 is 12.2 Å². The van der Waals surface area contributed by atoms with Gasteiger partial charge in [0, 0.05) is 0 Å². The standard InChI is InChI=1S/C9H7NO2S.C2H6/c1-12-9(11)7-3-2-4-8(5-7)10-6-13;1-2/h2-5H,1H3;1-2H3. The third kappa shape index (κ3) is 4.49. The Morgan fingerprint density at radius 2 is 2.13 bits per heavy atom. The molecule has 0 N–H and O–H groups in total. The van der Waals surface area contributed by atoms with Crippen LogP contribution in [0.25, 0.3) is 0 Å². The number of hydrogen-bond donors (Lipinski definition) is 0. The van der Waals surface area contributed by atoms with Gasteiger partial charge in [-0.25, -0.2) is 4.79 Å². The highest BCUT2D eigenvalue weighted by Crippen LogP contribution is 2.13. The zero-order chi connectivity index (χ0) is 11.7. The molecule has 0 aliphatic heterocycles. The Hall–Kier alpha value is -1.51. The lowest BCUT2D eigenvalue weighted by molar-refractivity contribution is 0.0601. The fourth-order valence-corrected chi connectivity index (χ4v) is 0.978. The van der Waals surface area contributed by atoms with Crippen molar-refractivity contribution in [1.82, 2.24) is 0 Å². The van der Waals surface area contributed by atoms with Gasteiger partial charge in [-0.1, -0.05) is 19.9 Å². The van der Waals surface area contributed by atoms with Crippen molar-refractivity contribution in [3.05, 3.63) is 29.8 Å². The second-order valence-electron chi connectivity index (χ2n) is 2.25. The lowest BCUT2D eigenvalue weighted by atomic mass is 10.2. The zero-order valence-electron chi connectivity index (χ0n) is 8.98. The summed E-state index contributed by atoms with van der Waals surface area (Å²) in [6, 6.07) is 6.67. The maximum absolute atomic E-state index is 11.1. The molecule has 0 atom stereocenters. The van der Waals surface area contributed by atoms with E-state index >= 15 is 0 Å². The largest absolute Gasteiger partial charge is 0.465 e. The van der Waals surface area contributed by atoms with Crippen molar-refractivity contribution >= 4 is 29.0 Å². The van der Waals surface area contributed by atoms with Crippen LogP contribution in [0.15, 0.2) is 29.3 Å². The predicted octanol–water partition coefficient (Wildman–Crippen LogP) is 3.23. The molecule has 0 heterocycles. The minimum atomic E-state index is -0.388. The molecular weight excluding hydrogens is 210 g/mol. The van der Waals surface area contributed by atoms with Crippen molar-refractivity contribution < 1.29 is 9.53 Å². The Labute approximate surface area is 94.8 Å². The summed E-state index contributed by atoms with van der Waals surface area (Å²) >= 11 is 4.44. The number of benzene rings is 1. The van der Waals surface area contributed by atoms with Gasteiger partial charge in [-0.2, -0.15) is 4.99 Å². The minimum Gasteiger partial charge on any atom is -0.465 e.